The summed E-state index contributed by atoms with van der Waals surface area (Å²) in [6, 6.07) is 10.0. The Kier molecular flexibility index (Phi) is 5.87. The molecule has 0 unspecified atom stereocenters. The molecule has 0 bridgehead atoms. The molecule has 0 fully saturated rings. The van der Waals surface area contributed by atoms with Crippen LogP contribution in [0.1, 0.15) is 13.3 Å². The number of rotatable bonds is 5. The van der Waals surface area contributed by atoms with Gasteiger partial charge in [-0.15, -0.1) is 0 Å². The fraction of sp³-hybridized carbons (Fsp3) is 0.176. The molecular weight excluding hydrogens is 338 g/mol. The molecule has 0 saturated heterocycles. The average molecular weight is 353 g/mol. The maximum Gasteiger partial charge on any atom is 0.226 e. The number of hydrogen-bond donors (Lipinski definition) is 1. The molecule has 0 heterocycles. The average Bonchev–Trinajstić information content (AvgIpc) is 2.52. The standard InChI is InChI=1S/C17H15ClF2N2O2/c1-11(23)22(15-8-3-2-5-12(15)18)10-9-16(24)21-17-13(19)6-4-7-14(17)20/h2-8H,9-10H2,1H3,(H,21,24). The van der Waals surface area contributed by atoms with E-state index in [9.17, 15) is 18.4 Å². The summed E-state index contributed by atoms with van der Waals surface area (Å²) in [6.07, 6.45) is -0.140. The predicted molar refractivity (Wildman–Crippen MR) is 89.1 cm³/mol. The summed E-state index contributed by atoms with van der Waals surface area (Å²) in [4.78, 5) is 25.1. The van der Waals surface area contributed by atoms with Gasteiger partial charge in [0.15, 0.2) is 0 Å². The number of benzene rings is 2. The Balaban J connectivity index is 2.06. The van der Waals surface area contributed by atoms with E-state index in [4.69, 9.17) is 11.6 Å². The van der Waals surface area contributed by atoms with E-state index in [2.05, 4.69) is 5.32 Å². The van der Waals surface area contributed by atoms with E-state index in [0.717, 1.165) is 12.1 Å². The molecule has 24 heavy (non-hydrogen) atoms. The highest BCUT2D eigenvalue weighted by molar-refractivity contribution is 6.33. The van der Waals surface area contributed by atoms with E-state index in [1.807, 2.05) is 0 Å². The third-order valence-corrected chi connectivity index (χ3v) is 3.63. The van der Waals surface area contributed by atoms with Crippen molar-refractivity contribution >= 4 is 34.8 Å². The molecule has 2 rings (SSSR count). The zero-order valence-electron chi connectivity index (χ0n) is 12.9. The van der Waals surface area contributed by atoms with Crippen molar-refractivity contribution in [3.63, 3.8) is 0 Å². The van der Waals surface area contributed by atoms with Crippen LogP contribution in [-0.4, -0.2) is 18.4 Å². The van der Waals surface area contributed by atoms with Gasteiger partial charge in [-0.3, -0.25) is 9.59 Å². The number of nitrogens with zero attached hydrogens (tertiary/aromatic N) is 1. The minimum atomic E-state index is -0.863. The molecule has 126 valence electrons. The Labute approximate surface area is 143 Å². The van der Waals surface area contributed by atoms with Gasteiger partial charge in [-0.25, -0.2) is 8.78 Å². The van der Waals surface area contributed by atoms with Gasteiger partial charge in [0.05, 0.1) is 10.7 Å². The highest BCUT2D eigenvalue weighted by Crippen LogP contribution is 2.25. The monoisotopic (exact) mass is 352 g/mol. The Morgan fingerprint density at radius 2 is 1.71 bits per heavy atom. The van der Waals surface area contributed by atoms with Crippen molar-refractivity contribution in [2.24, 2.45) is 0 Å². The van der Waals surface area contributed by atoms with Crippen LogP contribution in [0.15, 0.2) is 42.5 Å². The molecule has 0 spiro atoms. The van der Waals surface area contributed by atoms with Crippen molar-refractivity contribution in [1.82, 2.24) is 0 Å². The van der Waals surface area contributed by atoms with Crippen LogP contribution < -0.4 is 10.2 Å². The third kappa shape index (κ3) is 4.29. The highest BCUT2D eigenvalue weighted by atomic mass is 35.5. The van der Waals surface area contributed by atoms with Crippen LogP contribution in [0, 0.1) is 11.6 Å². The van der Waals surface area contributed by atoms with Gasteiger partial charge in [-0.05, 0) is 24.3 Å². The number of nitrogens with one attached hydrogen (secondary N) is 1. The zero-order chi connectivity index (χ0) is 17.7. The van der Waals surface area contributed by atoms with Gasteiger partial charge in [-0.2, -0.15) is 0 Å². The second kappa shape index (κ2) is 7.88. The molecule has 2 aromatic carbocycles. The van der Waals surface area contributed by atoms with E-state index in [-0.39, 0.29) is 18.9 Å². The van der Waals surface area contributed by atoms with Crippen molar-refractivity contribution < 1.29 is 18.4 Å². The van der Waals surface area contributed by atoms with E-state index in [0.29, 0.717) is 10.7 Å². The number of para-hydroxylation sites is 2. The molecule has 0 aliphatic carbocycles. The van der Waals surface area contributed by atoms with E-state index >= 15 is 0 Å². The molecule has 1 N–H and O–H groups in total. The summed E-state index contributed by atoms with van der Waals surface area (Å²) < 4.78 is 27.0. The molecule has 0 aliphatic rings. The zero-order valence-corrected chi connectivity index (χ0v) is 13.6. The van der Waals surface area contributed by atoms with Crippen LogP contribution in [0.3, 0.4) is 0 Å². The molecule has 0 radical (unpaired) electrons. The summed E-state index contributed by atoms with van der Waals surface area (Å²) in [7, 11) is 0. The van der Waals surface area contributed by atoms with Gasteiger partial charge >= 0.3 is 0 Å². The molecule has 4 nitrogen and oxygen atoms in total. The molecule has 2 aromatic rings. The van der Waals surface area contributed by atoms with E-state index in [1.54, 1.807) is 24.3 Å². The fourth-order valence-electron chi connectivity index (χ4n) is 2.15. The van der Waals surface area contributed by atoms with Gasteiger partial charge in [0.1, 0.15) is 17.3 Å². The van der Waals surface area contributed by atoms with Gasteiger partial charge < -0.3 is 10.2 Å². The number of anilines is 2. The Morgan fingerprint density at radius 1 is 1.08 bits per heavy atom. The quantitative estimate of drug-likeness (QED) is 0.884. The van der Waals surface area contributed by atoms with E-state index < -0.39 is 23.2 Å². The van der Waals surface area contributed by atoms with Crippen molar-refractivity contribution in [2.75, 3.05) is 16.8 Å². The second-order valence-electron chi connectivity index (χ2n) is 5.02. The SMILES string of the molecule is CC(=O)N(CCC(=O)Nc1c(F)cccc1F)c1ccccc1Cl. The number of hydrogen-bond acceptors (Lipinski definition) is 2. The Hall–Kier alpha value is -2.47. The molecule has 2 amide bonds. The first-order chi connectivity index (χ1) is 11.4. The Morgan fingerprint density at radius 3 is 2.29 bits per heavy atom. The van der Waals surface area contributed by atoms with Crippen LogP contribution >= 0.6 is 11.6 Å². The Bertz CT molecular complexity index is 748. The smallest absolute Gasteiger partial charge is 0.226 e. The molecular formula is C17H15ClF2N2O2. The van der Waals surface area contributed by atoms with Crippen LogP contribution in [0.4, 0.5) is 20.2 Å². The molecule has 0 aromatic heterocycles. The lowest BCUT2D eigenvalue weighted by Crippen LogP contribution is -2.32. The largest absolute Gasteiger partial charge is 0.321 e. The number of halogens is 3. The minimum absolute atomic E-state index is 0.0287. The second-order valence-corrected chi connectivity index (χ2v) is 5.42. The lowest BCUT2D eigenvalue weighted by Gasteiger charge is -2.22. The lowest BCUT2D eigenvalue weighted by molar-refractivity contribution is -0.117. The van der Waals surface area contributed by atoms with Crippen molar-refractivity contribution in [3.8, 4) is 0 Å². The van der Waals surface area contributed by atoms with Gasteiger partial charge in [0.25, 0.3) is 0 Å². The number of carbonyl (C=O) groups excluding carboxylic acids is 2. The highest BCUT2D eigenvalue weighted by Gasteiger charge is 2.17. The van der Waals surface area contributed by atoms with Crippen LogP contribution in [0.25, 0.3) is 0 Å². The van der Waals surface area contributed by atoms with Crippen LogP contribution in [-0.2, 0) is 9.59 Å². The summed E-state index contributed by atoms with van der Waals surface area (Å²) in [6.45, 7) is 1.37. The molecule has 7 heteroatoms. The summed E-state index contributed by atoms with van der Waals surface area (Å²) in [5, 5.41) is 2.55. The fourth-order valence-corrected chi connectivity index (χ4v) is 2.39. The first-order valence-electron chi connectivity index (χ1n) is 7.16. The first-order valence-corrected chi connectivity index (χ1v) is 7.54. The molecule has 0 saturated carbocycles. The number of carbonyl (C=O) groups is 2. The predicted octanol–water partition coefficient (Wildman–Crippen LogP) is 4.00. The van der Waals surface area contributed by atoms with Crippen molar-refractivity contribution in [3.05, 3.63) is 59.1 Å². The first kappa shape index (κ1) is 17.9. The summed E-state index contributed by atoms with van der Waals surface area (Å²) in [5.41, 5.74) is -0.0360. The molecule has 0 atom stereocenters. The van der Waals surface area contributed by atoms with Gasteiger partial charge in [0.2, 0.25) is 11.8 Å². The van der Waals surface area contributed by atoms with Gasteiger partial charge in [0, 0.05) is 19.9 Å². The third-order valence-electron chi connectivity index (χ3n) is 3.31. The molecule has 0 aliphatic heterocycles. The van der Waals surface area contributed by atoms with Crippen LogP contribution in [0.5, 0.6) is 0 Å². The van der Waals surface area contributed by atoms with Crippen LogP contribution in [0.2, 0.25) is 5.02 Å². The summed E-state index contributed by atoms with van der Waals surface area (Å²) in [5.74, 6) is -2.64. The van der Waals surface area contributed by atoms with E-state index in [1.165, 1.54) is 17.9 Å². The maximum absolute atomic E-state index is 13.5. The minimum Gasteiger partial charge on any atom is -0.321 e. The number of amides is 2. The lowest BCUT2D eigenvalue weighted by atomic mass is 10.2. The van der Waals surface area contributed by atoms with Crippen molar-refractivity contribution in [2.45, 2.75) is 13.3 Å². The topological polar surface area (TPSA) is 49.4 Å². The van der Waals surface area contributed by atoms with Crippen molar-refractivity contribution in [1.29, 1.82) is 0 Å². The van der Waals surface area contributed by atoms with Gasteiger partial charge in [-0.1, -0.05) is 29.8 Å². The summed E-state index contributed by atoms with van der Waals surface area (Å²) >= 11 is 6.06. The normalized spacial score (nSPS) is 10.3. The maximum atomic E-state index is 13.5.